The summed E-state index contributed by atoms with van der Waals surface area (Å²) in [6, 6.07) is 4.45. The molecule has 0 atom stereocenters. The van der Waals surface area contributed by atoms with E-state index >= 15 is 0 Å². The van der Waals surface area contributed by atoms with Crippen LogP contribution in [0.5, 0.6) is 5.75 Å². The van der Waals surface area contributed by atoms with E-state index in [2.05, 4.69) is 0 Å². The average Bonchev–Trinajstić information content (AvgIpc) is 2.48. The van der Waals surface area contributed by atoms with Crippen molar-refractivity contribution in [1.29, 1.82) is 0 Å². The molecule has 5 nitrogen and oxygen atoms in total. The Morgan fingerprint density at radius 2 is 2.05 bits per heavy atom. The van der Waals surface area contributed by atoms with Gasteiger partial charge in [-0.05, 0) is 31.4 Å². The highest BCUT2D eigenvalue weighted by Crippen LogP contribution is 2.18. The van der Waals surface area contributed by atoms with Crippen LogP contribution in [0, 0.1) is 18.7 Å². The van der Waals surface area contributed by atoms with Gasteiger partial charge in [0.2, 0.25) is 0 Å². The van der Waals surface area contributed by atoms with Crippen LogP contribution in [0.25, 0.3) is 0 Å². The largest absolute Gasteiger partial charge is 0.484 e. The van der Waals surface area contributed by atoms with Gasteiger partial charge in [0.05, 0.1) is 5.92 Å². The molecule has 1 aliphatic rings. The highest BCUT2D eigenvalue weighted by atomic mass is 19.1. The molecule has 1 N–H and O–H groups in total. The second-order valence-electron chi connectivity index (χ2n) is 5.19. The van der Waals surface area contributed by atoms with Gasteiger partial charge in [0.15, 0.2) is 6.61 Å². The summed E-state index contributed by atoms with van der Waals surface area (Å²) in [7, 11) is 0. The number of carboxylic acids is 1. The van der Waals surface area contributed by atoms with Crippen molar-refractivity contribution >= 4 is 11.9 Å². The number of rotatable bonds is 4. The van der Waals surface area contributed by atoms with Gasteiger partial charge in [0.25, 0.3) is 5.91 Å². The number of carboxylic acid groups (broad SMARTS) is 1. The minimum absolute atomic E-state index is 0.166. The number of aryl methyl sites for hydroxylation is 1. The fraction of sp³-hybridized carbons (Fsp3) is 0.467. The van der Waals surface area contributed by atoms with Crippen LogP contribution in [-0.4, -0.2) is 41.6 Å². The molecule has 21 heavy (non-hydrogen) atoms. The van der Waals surface area contributed by atoms with Crippen LogP contribution in [-0.2, 0) is 9.59 Å². The Bertz CT molecular complexity index is 538. The van der Waals surface area contributed by atoms with Gasteiger partial charge in [0.1, 0.15) is 11.6 Å². The van der Waals surface area contributed by atoms with Crippen LogP contribution in [0.3, 0.4) is 0 Å². The molecule has 0 saturated carbocycles. The molecule has 114 valence electrons. The summed E-state index contributed by atoms with van der Waals surface area (Å²) in [5.41, 5.74) is 0.518. The summed E-state index contributed by atoms with van der Waals surface area (Å²) >= 11 is 0. The van der Waals surface area contributed by atoms with Gasteiger partial charge in [-0.15, -0.1) is 0 Å². The summed E-state index contributed by atoms with van der Waals surface area (Å²) in [5.74, 6) is -1.46. The zero-order valence-corrected chi connectivity index (χ0v) is 11.8. The molecule has 1 saturated heterocycles. The fourth-order valence-corrected chi connectivity index (χ4v) is 2.28. The summed E-state index contributed by atoms with van der Waals surface area (Å²) in [6.45, 7) is 2.32. The number of nitrogens with zero attached hydrogens (tertiary/aromatic N) is 1. The third-order valence-electron chi connectivity index (χ3n) is 3.70. The molecule has 0 unspecified atom stereocenters. The lowest BCUT2D eigenvalue weighted by Crippen LogP contribution is -2.42. The van der Waals surface area contributed by atoms with Crippen LogP contribution in [0.4, 0.5) is 4.39 Å². The number of aliphatic carboxylic acids is 1. The van der Waals surface area contributed by atoms with E-state index in [0.717, 1.165) is 0 Å². The molecule has 1 fully saturated rings. The van der Waals surface area contributed by atoms with E-state index in [0.29, 0.717) is 37.2 Å². The van der Waals surface area contributed by atoms with Crippen molar-refractivity contribution in [2.75, 3.05) is 19.7 Å². The Kier molecular flexibility index (Phi) is 4.77. The van der Waals surface area contributed by atoms with Gasteiger partial charge in [-0.25, -0.2) is 4.39 Å². The molecule has 0 bridgehead atoms. The number of amides is 1. The Balaban J connectivity index is 1.82. The molecule has 1 amide bonds. The number of carbonyl (C=O) groups is 2. The minimum atomic E-state index is -0.812. The Hall–Kier alpha value is -2.11. The van der Waals surface area contributed by atoms with E-state index in [1.807, 2.05) is 0 Å². The molecule has 0 aliphatic carbocycles. The first-order valence-corrected chi connectivity index (χ1v) is 6.87. The number of hydrogen-bond acceptors (Lipinski definition) is 3. The predicted octanol–water partition coefficient (Wildman–Crippen LogP) is 1.84. The first-order valence-electron chi connectivity index (χ1n) is 6.87. The highest BCUT2D eigenvalue weighted by Gasteiger charge is 2.27. The lowest BCUT2D eigenvalue weighted by molar-refractivity contribution is -0.146. The topological polar surface area (TPSA) is 66.8 Å². The summed E-state index contributed by atoms with van der Waals surface area (Å²) in [5, 5.41) is 8.90. The number of piperidine rings is 1. The van der Waals surface area contributed by atoms with Crippen molar-refractivity contribution < 1.29 is 23.8 Å². The smallest absolute Gasteiger partial charge is 0.306 e. The molecule has 0 radical (unpaired) electrons. The fourth-order valence-electron chi connectivity index (χ4n) is 2.28. The van der Waals surface area contributed by atoms with Gasteiger partial charge in [-0.3, -0.25) is 9.59 Å². The third-order valence-corrected chi connectivity index (χ3v) is 3.70. The number of hydrogen-bond donors (Lipinski definition) is 1. The second-order valence-corrected chi connectivity index (χ2v) is 5.19. The zero-order valence-electron chi connectivity index (χ0n) is 11.8. The summed E-state index contributed by atoms with van der Waals surface area (Å²) in [6.07, 6.45) is 0.917. The molecule has 0 spiro atoms. The normalized spacial score (nSPS) is 15.8. The molecular weight excluding hydrogens is 277 g/mol. The minimum Gasteiger partial charge on any atom is -0.484 e. The van der Waals surface area contributed by atoms with Gasteiger partial charge in [-0.2, -0.15) is 0 Å². The molecule has 0 aromatic heterocycles. The van der Waals surface area contributed by atoms with E-state index in [4.69, 9.17) is 9.84 Å². The van der Waals surface area contributed by atoms with Crippen molar-refractivity contribution in [2.24, 2.45) is 5.92 Å². The Morgan fingerprint density at radius 3 is 2.62 bits per heavy atom. The Labute approximate surface area is 122 Å². The van der Waals surface area contributed by atoms with Crippen molar-refractivity contribution in [3.8, 4) is 5.75 Å². The van der Waals surface area contributed by atoms with Crippen molar-refractivity contribution in [1.82, 2.24) is 4.90 Å². The summed E-state index contributed by atoms with van der Waals surface area (Å²) < 4.78 is 18.6. The number of benzene rings is 1. The van der Waals surface area contributed by atoms with E-state index in [1.165, 1.54) is 6.07 Å². The number of ether oxygens (including phenoxy) is 1. The third kappa shape index (κ3) is 3.93. The van der Waals surface area contributed by atoms with Gasteiger partial charge >= 0.3 is 5.97 Å². The second kappa shape index (κ2) is 6.56. The molecule has 2 rings (SSSR count). The van der Waals surface area contributed by atoms with Crippen molar-refractivity contribution in [3.05, 3.63) is 29.6 Å². The monoisotopic (exact) mass is 295 g/mol. The SMILES string of the molecule is Cc1ccc(OCC(=O)N2CCC(C(=O)O)CC2)cc1F. The lowest BCUT2D eigenvalue weighted by Gasteiger charge is -2.30. The van der Waals surface area contributed by atoms with E-state index in [9.17, 15) is 14.0 Å². The number of likely N-dealkylation sites (tertiary alicyclic amines) is 1. The maximum absolute atomic E-state index is 13.3. The van der Waals surface area contributed by atoms with E-state index in [-0.39, 0.29) is 24.2 Å². The summed E-state index contributed by atoms with van der Waals surface area (Å²) in [4.78, 5) is 24.4. The average molecular weight is 295 g/mol. The number of halogens is 1. The highest BCUT2D eigenvalue weighted by molar-refractivity contribution is 5.78. The standard InChI is InChI=1S/C15H18FNO4/c1-10-2-3-12(8-13(10)16)21-9-14(18)17-6-4-11(5-7-17)15(19)20/h2-3,8,11H,4-7,9H2,1H3,(H,19,20). The molecule has 1 aliphatic heterocycles. The van der Waals surface area contributed by atoms with E-state index in [1.54, 1.807) is 24.0 Å². The van der Waals surface area contributed by atoms with Crippen LogP contribution in [0.15, 0.2) is 18.2 Å². The van der Waals surface area contributed by atoms with Gasteiger partial charge in [0, 0.05) is 19.2 Å². The molecule has 1 aromatic carbocycles. The first kappa shape index (κ1) is 15.3. The predicted molar refractivity (Wildman–Crippen MR) is 73.6 cm³/mol. The molecular formula is C15H18FNO4. The molecule has 1 heterocycles. The molecule has 1 aromatic rings. The van der Waals surface area contributed by atoms with Crippen LogP contribution < -0.4 is 4.74 Å². The quantitative estimate of drug-likeness (QED) is 0.920. The van der Waals surface area contributed by atoms with Crippen molar-refractivity contribution in [2.45, 2.75) is 19.8 Å². The van der Waals surface area contributed by atoms with Crippen LogP contribution >= 0.6 is 0 Å². The van der Waals surface area contributed by atoms with Crippen LogP contribution in [0.2, 0.25) is 0 Å². The van der Waals surface area contributed by atoms with E-state index < -0.39 is 5.97 Å². The lowest BCUT2D eigenvalue weighted by atomic mass is 9.97. The van der Waals surface area contributed by atoms with Crippen LogP contribution in [0.1, 0.15) is 18.4 Å². The maximum atomic E-state index is 13.3. The maximum Gasteiger partial charge on any atom is 0.306 e. The Morgan fingerprint density at radius 1 is 1.38 bits per heavy atom. The zero-order chi connectivity index (χ0) is 15.4. The van der Waals surface area contributed by atoms with Gasteiger partial charge in [-0.1, -0.05) is 6.07 Å². The van der Waals surface area contributed by atoms with Crippen molar-refractivity contribution in [3.63, 3.8) is 0 Å². The first-order chi connectivity index (χ1) is 9.97. The molecule has 6 heteroatoms. The number of carbonyl (C=O) groups excluding carboxylic acids is 1. The van der Waals surface area contributed by atoms with Gasteiger partial charge < -0.3 is 14.7 Å².